The Hall–Kier alpha value is -0.160. The van der Waals surface area contributed by atoms with E-state index in [9.17, 15) is 0 Å². The molecule has 0 bridgehead atoms. The number of nitrogens with zero attached hydrogens (tertiary/aromatic N) is 3. The summed E-state index contributed by atoms with van der Waals surface area (Å²) in [5.74, 6) is 0. The number of hydrogen-bond acceptors (Lipinski definition) is 4. The first kappa shape index (κ1) is 10.9. The van der Waals surface area contributed by atoms with Crippen LogP contribution < -0.4 is 4.90 Å². The number of aryl methyl sites for hydroxylation is 1. The molecule has 0 amide bonds. The van der Waals surface area contributed by atoms with E-state index in [-0.39, 0.29) is 0 Å². The van der Waals surface area contributed by atoms with Crippen molar-refractivity contribution in [3.8, 4) is 0 Å². The lowest BCUT2D eigenvalue weighted by Crippen LogP contribution is -2.32. The number of alkyl halides is 1. The van der Waals surface area contributed by atoms with Gasteiger partial charge in [-0.2, -0.15) is 0 Å². The second-order valence-corrected chi connectivity index (χ2v) is 5.03. The quantitative estimate of drug-likeness (QED) is 0.782. The van der Waals surface area contributed by atoms with Gasteiger partial charge in [-0.1, -0.05) is 27.3 Å². The molecular weight excluding hydrogens is 250 g/mol. The fraction of sp³-hybridized carbons (Fsp3) is 0.750. The molecule has 0 aromatic carbocycles. The van der Waals surface area contributed by atoms with Crippen LogP contribution in [0.5, 0.6) is 0 Å². The number of rotatable bonds is 4. The van der Waals surface area contributed by atoms with E-state index in [0.717, 1.165) is 22.0 Å². The molecule has 3 nitrogen and oxygen atoms in total. The van der Waals surface area contributed by atoms with Crippen LogP contribution >= 0.6 is 27.3 Å². The summed E-state index contributed by atoms with van der Waals surface area (Å²) in [6.07, 6.45) is 0. The summed E-state index contributed by atoms with van der Waals surface area (Å²) >= 11 is 5.08. The minimum Gasteiger partial charge on any atom is -0.343 e. The second-order valence-electron chi connectivity index (χ2n) is 3.08. The smallest absolute Gasteiger partial charge is 0.208 e. The Labute approximate surface area is 91.3 Å². The van der Waals surface area contributed by atoms with Gasteiger partial charge in [0.1, 0.15) is 5.01 Å². The summed E-state index contributed by atoms with van der Waals surface area (Å²) in [6, 6.07) is 0.477. The van der Waals surface area contributed by atoms with Crippen molar-refractivity contribution in [3.63, 3.8) is 0 Å². The summed E-state index contributed by atoms with van der Waals surface area (Å²) in [5.41, 5.74) is 0. The number of halogens is 1. The third kappa shape index (κ3) is 2.91. The summed E-state index contributed by atoms with van der Waals surface area (Å²) in [7, 11) is 0. The molecular formula is C8H14BrN3S. The molecule has 0 aliphatic heterocycles. The maximum Gasteiger partial charge on any atom is 0.208 e. The first-order valence-electron chi connectivity index (χ1n) is 4.28. The van der Waals surface area contributed by atoms with Gasteiger partial charge in [0.2, 0.25) is 5.13 Å². The Morgan fingerprint density at radius 1 is 1.46 bits per heavy atom. The van der Waals surface area contributed by atoms with Crippen LogP contribution in [0.3, 0.4) is 0 Å². The largest absolute Gasteiger partial charge is 0.343 e. The van der Waals surface area contributed by atoms with Gasteiger partial charge in [0.15, 0.2) is 0 Å². The van der Waals surface area contributed by atoms with Crippen LogP contribution in [0.1, 0.15) is 18.9 Å². The van der Waals surface area contributed by atoms with E-state index in [4.69, 9.17) is 0 Å². The van der Waals surface area contributed by atoms with Gasteiger partial charge >= 0.3 is 0 Å². The highest BCUT2D eigenvalue weighted by Gasteiger charge is 2.13. The highest BCUT2D eigenvalue weighted by molar-refractivity contribution is 9.09. The molecule has 0 saturated heterocycles. The Morgan fingerprint density at radius 3 is 2.54 bits per heavy atom. The normalized spacial score (nSPS) is 10.8. The Kier molecular flexibility index (Phi) is 4.12. The predicted octanol–water partition coefficient (Wildman–Crippen LogP) is 2.46. The van der Waals surface area contributed by atoms with E-state index in [1.807, 2.05) is 6.92 Å². The highest BCUT2D eigenvalue weighted by atomic mass is 79.9. The van der Waals surface area contributed by atoms with E-state index >= 15 is 0 Å². The molecule has 1 rings (SSSR count). The van der Waals surface area contributed by atoms with Gasteiger partial charge in [-0.25, -0.2) is 0 Å². The molecule has 0 aliphatic carbocycles. The molecule has 0 radical (unpaired) electrons. The lowest BCUT2D eigenvalue weighted by Gasteiger charge is -2.24. The van der Waals surface area contributed by atoms with Crippen LogP contribution in [0.15, 0.2) is 0 Å². The van der Waals surface area contributed by atoms with E-state index in [0.29, 0.717) is 6.04 Å². The lowest BCUT2D eigenvalue weighted by atomic mass is 10.3. The average molecular weight is 264 g/mol. The van der Waals surface area contributed by atoms with Gasteiger partial charge in [0, 0.05) is 17.9 Å². The number of hydrogen-bond donors (Lipinski definition) is 0. The minimum atomic E-state index is 0.477. The molecule has 0 atom stereocenters. The van der Waals surface area contributed by atoms with Crippen molar-refractivity contribution < 1.29 is 0 Å². The standard InChI is InChI=1S/C8H14BrN3S/c1-6(2)12(5-4-9)8-11-10-7(3)13-8/h6H,4-5H2,1-3H3. The molecule has 13 heavy (non-hydrogen) atoms. The van der Waals surface area contributed by atoms with E-state index in [1.165, 1.54) is 0 Å². The minimum absolute atomic E-state index is 0.477. The van der Waals surface area contributed by atoms with Crippen LogP contribution in [0.2, 0.25) is 0 Å². The van der Waals surface area contributed by atoms with Crippen molar-refractivity contribution in [2.45, 2.75) is 26.8 Å². The highest BCUT2D eigenvalue weighted by Crippen LogP contribution is 2.21. The molecule has 0 unspecified atom stereocenters. The van der Waals surface area contributed by atoms with Gasteiger partial charge in [0.25, 0.3) is 0 Å². The van der Waals surface area contributed by atoms with Gasteiger partial charge in [-0.05, 0) is 20.8 Å². The molecule has 1 aromatic rings. The van der Waals surface area contributed by atoms with Gasteiger partial charge in [-0.15, -0.1) is 10.2 Å². The molecule has 74 valence electrons. The van der Waals surface area contributed by atoms with Gasteiger partial charge in [0.05, 0.1) is 0 Å². The summed E-state index contributed by atoms with van der Waals surface area (Å²) in [4.78, 5) is 2.25. The van der Waals surface area contributed by atoms with Crippen LogP contribution in [-0.2, 0) is 0 Å². The summed E-state index contributed by atoms with van der Waals surface area (Å²) in [6.45, 7) is 7.29. The second kappa shape index (κ2) is 4.91. The van der Waals surface area contributed by atoms with Crippen molar-refractivity contribution in [1.82, 2.24) is 10.2 Å². The Balaban J connectivity index is 2.75. The van der Waals surface area contributed by atoms with Crippen LogP contribution in [0, 0.1) is 6.92 Å². The zero-order chi connectivity index (χ0) is 9.84. The van der Waals surface area contributed by atoms with Crippen LogP contribution in [0.4, 0.5) is 5.13 Å². The fourth-order valence-corrected chi connectivity index (χ4v) is 2.30. The molecule has 0 saturated carbocycles. The number of aromatic nitrogens is 2. The molecule has 0 spiro atoms. The molecule has 0 fully saturated rings. The van der Waals surface area contributed by atoms with Crippen LogP contribution in [0.25, 0.3) is 0 Å². The van der Waals surface area contributed by atoms with Crippen LogP contribution in [-0.4, -0.2) is 28.1 Å². The zero-order valence-electron chi connectivity index (χ0n) is 8.12. The Morgan fingerprint density at radius 2 is 2.15 bits per heavy atom. The Bertz CT molecular complexity index is 262. The maximum atomic E-state index is 4.13. The predicted molar refractivity (Wildman–Crippen MR) is 60.9 cm³/mol. The molecule has 0 aliphatic rings. The average Bonchev–Trinajstić information content (AvgIpc) is 2.46. The summed E-state index contributed by atoms with van der Waals surface area (Å²) in [5, 5.41) is 11.1. The van der Waals surface area contributed by atoms with Crippen molar-refractivity contribution >= 4 is 32.4 Å². The third-order valence-corrected chi connectivity index (χ3v) is 2.94. The van der Waals surface area contributed by atoms with Crippen molar-refractivity contribution in [1.29, 1.82) is 0 Å². The van der Waals surface area contributed by atoms with Gasteiger partial charge in [-0.3, -0.25) is 0 Å². The van der Waals surface area contributed by atoms with Gasteiger partial charge < -0.3 is 4.90 Å². The summed E-state index contributed by atoms with van der Waals surface area (Å²) < 4.78 is 0. The molecule has 1 aromatic heterocycles. The van der Waals surface area contributed by atoms with Crippen molar-refractivity contribution in [2.24, 2.45) is 0 Å². The van der Waals surface area contributed by atoms with E-state index < -0.39 is 0 Å². The molecule has 1 heterocycles. The molecule has 5 heteroatoms. The molecule has 0 N–H and O–H groups in total. The maximum absolute atomic E-state index is 4.13. The lowest BCUT2D eigenvalue weighted by molar-refractivity contribution is 0.700. The van der Waals surface area contributed by atoms with E-state index in [2.05, 4.69) is 44.9 Å². The monoisotopic (exact) mass is 263 g/mol. The SMILES string of the molecule is Cc1nnc(N(CCBr)C(C)C)s1. The topological polar surface area (TPSA) is 29.0 Å². The zero-order valence-corrected chi connectivity index (χ0v) is 10.5. The first-order valence-corrected chi connectivity index (χ1v) is 6.21. The first-order chi connectivity index (χ1) is 6.15. The van der Waals surface area contributed by atoms with Crippen molar-refractivity contribution in [2.75, 3.05) is 16.8 Å². The van der Waals surface area contributed by atoms with Crippen molar-refractivity contribution in [3.05, 3.63) is 5.01 Å². The third-order valence-electron chi connectivity index (χ3n) is 1.71. The fourth-order valence-electron chi connectivity index (χ4n) is 1.07. The number of anilines is 1. The van der Waals surface area contributed by atoms with E-state index in [1.54, 1.807) is 11.3 Å².